The molecule has 2 aromatic rings. The first kappa shape index (κ1) is 21.1. The third-order valence-corrected chi connectivity index (χ3v) is 4.64. The number of benzene rings is 2. The first-order valence-corrected chi connectivity index (χ1v) is 8.61. The van der Waals surface area contributed by atoms with Gasteiger partial charge in [-0.05, 0) is 65.0 Å². The van der Waals surface area contributed by atoms with E-state index in [0.29, 0.717) is 22.1 Å². The Balaban J connectivity index is 0.00000288. The van der Waals surface area contributed by atoms with Gasteiger partial charge in [0.2, 0.25) is 0 Å². The zero-order valence-corrected chi connectivity index (χ0v) is 15.4. The quantitative estimate of drug-likeness (QED) is 0.598. The number of rotatable bonds is 5. The van der Waals surface area contributed by atoms with Crippen LogP contribution in [0.3, 0.4) is 0 Å². The fraction of sp³-hybridized carbons (Fsp3) is 0.278. The molecule has 0 heterocycles. The van der Waals surface area contributed by atoms with Crippen molar-refractivity contribution in [3.05, 3.63) is 53.1 Å². The van der Waals surface area contributed by atoms with Crippen LogP contribution >= 0.6 is 20.2 Å². The Morgan fingerprint density at radius 1 is 1.12 bits per heavy atom. The fourth-order valence-electron chi connectivity index (χ4n) is 2.04. The van der Waals surface area contributed by atoms with Crippen LogP contribution in [0.1, 0.15) is 31.1 Å². The summed E-state index contributed by atoms with van der Waals surface area (Å²) >= 11 is 6.31. The summed E-state index contributed by atoms with van der Waals surface area (Å²) in [6.45, 7) is 5.92. The molecule has 0 aromatic heterocycles. The number of para-hydroxylation sites is 1. The molecule has 0 N–H and O–H groups in total. The molecule has 2 rings (SSSR count). The molecule has 0 saturated heterocycles. The summed E-state index contributed by atoms with van der Waals surface area (Å²) in [5, 5.41) is 1.33. The molecule has 6 heteroatoms. The number of methoxy groups -OCH3 is 1. The molecule has 0 aliphatic heterocycles. The standard InChI is InChI=1S/C18H20ClO3P.Li.H/c1-18(2,3)22-12-9-10-16(14(19)11-12)23-17(20)13-7-5-6-8-15(13)21-4;;/h5-11,23H,1-4H3;;. The predicted octanol–water partition coefficient (Wildman–Crippen LogP) is 4.02. The average Bonchev–Trinajstić information content (AvgIpc) is 2.48. The van der Waals surface area contributed by atoms with Crippen LogP contribution in [0, 0.1) is 0 Å². The van der Waals surface area contributed by atoms with Crippen molar-refractivity contribution in [1.82, 2.24) is 0 Å². The summed E-state index contributed by atoms with van der Waals surface area (Å²) in [7, 11) is 1.49. The third-order valence-electron chi connectivity index (χ3n) is 2.96. The third kappa shape index (κ3) is 5.83. The van der Waals surface area contributed by atoms with Crippen LogP contribution < -0.4 is 14.8 Å². The topological polar surface area (TPSA) is 35.5 Å². The average molecular weight is 359 g/mol. The number of hydrogen-bond acceptors (Lipinski definition) is 3. The number of hydrogen-bond donors (Lipinski definition) is 0. The van der Waals surface area contributed by atoms with Crippen molar-refractivity contribution >= 4 is 49.9 Å². The van der Waals surface area contributed by atoms with Crippen LogP contribution in [0.4, 0.5) is 0 Å². The van der Waals surface area contributed by atoms with Crippen LogP contribution in [-0.2, 0) is 0 Å². The van der Waals surface area contributed by atoms with Gasteiger partial charge in [-0.25, -0.2) is 0 Å². The second kappa shape index (κ2) is 8.93. The summed E-state index contributed by atoms with van der Waals surface area (Å²) in [4.78, 5) is 12.5. The van der Waals surface area contributed by atoms with E-state index in [0.717, 1.165) is 5.30 Å². The first-order valence-electron chi connectivity index (χ1n) is 7.23. The summed E-state index contributed by atoms with van der Waals surface area (Å²) in [6, 6.07) is 12.6. The summed E-state index contributed by atoms with van der Waals surface area (Å²) in [6.07, 6.45) is 0. The molecule has 0 aliphatic rings. The zero-order chi connectivity index (χ0) is 17.0. The van der Waals surface area contributed by atoms with Gasteiger partial charge in [0.15, 0.2) is 5.52 Å². The van der Waals surface area contributed by atoms with E-state index in [2.05, 4.69) is 0 Å². The summed E-state index contributed by atoms with van der Waals surface area (Å²) < 4.78 is 11.0. The van der Waals surface area contributed by atoms with Gasteiger partial charge in [0.1, 0.15) is 17.1 Å². The van der Waals surface area contributed by atoms with Gasteiger partial charge >= 0.3 is 18.9 Å². The number of halogens is 1. The van der Waals surface area contributed by atoms with Crippen molar-refractivity contribution in [3.8, 4) is 11.5 Å². The van der Waals surface area contributed by atoms with Crippen molar-refractivity contribution in [2.45, 2.75) is 26.4 Å². The van der Waals surface area contributed by atoms with Gasteiger partial charge in [-0.15, -0.1) is 0 Å². The van der Waals surface area contributed by atoms with Crippen molar-refractivity contribution in [2.75, 3.05) is 7.11 Å². The summed E-state index contributed by atoms with van der Waals surface area (Å²) in [5.74, 6) is 1.27. The van der Waals surface area contributed by atoms with E-state index in [4.69, 9.17) is 21.1 Å². The Bertz CT molecular complexity index is 714. The molecule has 0 saturated carbocycles. The molecular formula is C18H21ClLiO3P. The van der Waals surface area contributed by atoms with Crippen LogP contribution in [0.5, 0.6) is 11.5 Å². The van der Waals surface area contributed by atoms with Gasteiger partial charge in [0.05, 0.1) is 17.7 Å². The number of carbonyl (C=O) groups is 1. The van der Waals surface area contributed by atoms with E-state index in [1.807, 2.05) is 45.0 Å². The molecule has 0 radical (unpaired) electrons. The van der Waals surface area contributed by atoms with Crippen molar-refractivity contribution < 1.29 is 14.3 Å². The SMILES string of the molecule is COc1ccccc1C(=O)Pc1ccc(OC(C)(C)C)cc1Cl.[LiH]. The molecular weight excluding hydrogens is 338 g/mol. The van der Waals surface area contributed by atoms with Gasteiger partial charge in [-0.2, -0.15) is 0 Å². The molecule has 0 fully saturated rings. The Kier molecular flexibility index (Phi) is 7.84. The van der Waals surface area contributed by atoms with Gasteiger partial charge in [-0.1, -0.05) is 23.7 Å². The fourth-order valence-corrected chi connectivity index (χ4v) is 3.29. The maximum absolute atomic E-state index is 12.5. The molecule has 0 amide bonds. The normalized spacial score (nSPS) is 11.2. The van der Waals surface area contributed by atoms with Crippen molar-refractivity contribution in [1.29, 1.82) is 0 Å². The molecule has 0 spiro atoms. The molecule has 124 valence electrons. The van der Waals surface area contributed by atoms with E-state index >= 15 is 0 Å². The molecule has 24 heavy (non-hydrogen) atoms. The molecule has 2 aromatic carbocycles. The number of ether oxygens (including phenoxy) is 2. The Labute approximate surface area is 162 Å². The molecule has 0 bridgehead atoms. The first-order chi connectivity index (χ1) is 10.8. The molecule has 1 atom stereocenters. The van der Waals surface area contributed by atoms with Gasteiger partial charge in [0.25, 0.3) is 0 Å². The van der Waals surface area contributed by atoms with E-state index in [9.17, 15) is 4.79 Å². The molecule has 3 nitrogen and oxygen atoms in total. The van der Waals surface area contributed by atoms with E-state index in [-0.39, 0.29) is 38.6 Å². The van der Waals surface area contributed by atoms with Gasteiger partial charge in [0, 0.05) is 0 Å². The van der Waals surface area contributed by atoms with Gasteiger partial charge < -0.3 is 9.47 Å². The summed E-state index contributed by atoms with van der Waals surface area (Å²) in [5.41, 5.74) is 0.272. The monoisotopic (exact) mass is 358 g/mol. The maximum atomic E-state index is 12.5. The predicted molar refractivity (Wildman–Crippen MR) is 104 cm³/mol. The molecule has 1 unspecified atom stereocenters. The van der Waals surface area contributed by atoms with Gasteiger partial charge in [-0.3, -0.25) is 4.79 Å². The van der Waals surface area contributed by atoms with Crippen LogP contribution in [0.15, 0.2) is 42.5 Å². The minimum absolute atomic E-state index is 0. The van der Waals surface area contributed by atoms with Crippen molar-refractivity contribution in [3.63, 3.8) is 0 Å². The Morgan fingerprint density at radius 2 is 1.79 bits per heavy atom. The van der Waals surface area contributed by atoms with E-state index in [1.165, 1.54) is 0 Å². The Morgan fingerprint density at radius 3 is 2.38 bits per heavy atom. The zero-order valence-electron chi connectivity index (χ0n) is 13.6. The van der Waals surface area contributed by atoms with Crippen LogP contribution in [0.2, 0.25) is 5.02 Å². The van der Waals surface area contributed by atoms with Crippen molar-refractivity contribution in [2.24, 2.45) is 0 Å². The molecule has 0 aliphatic carbocycles. The van der Waals surface area contributed by atoms with E-state index < -0.39 is 0 Å². The second-order valence-electron chi connectivity index (χ2n) is 6.01. The van der Waals surface area contributed by atoms with E-state index in [1.54, 1.807) is 25.3 Å². The van der Waals surface area contributed by atoms with Crippen LogP contribution in [-0.4, -0.2) is 37.1 Å². The number of carbonyl (C=O) groups excluding carboxylic acids is 1. The van der Waals surface area contributed by atoms with Crippen LogP contribution in [0.25, 0.3) is 0 Å². The minimum atomic E-state index is -0.291. The Hall–Kier alpha value is -0.973. The second-order valence-corrected chi connectivity index (χ2v) is 7.66.